The van der Waals surface area contributed by atoms with Crippen molar-refractivity contribution in [2.24, 2.45) is 17.6 Å². The Morgan fingerprint density at radius 1 is 1.38 bits per heavy atom. The van der Waals surface area contributed by atoms with E-state index in [0.717, 1.165) is 23.2 Å². The first-order valence-electron chi connectivity index (χ1n) is 8.44. The average Bonchev–Trinajstić information content (AvgIpc) is 3.17. The lowest BCUT2D eigenvalue weighted by atomic mass is 9.98. The second kappa shape index (κ2) is 6.93. The minimum atomic E-state index is -3.99. The summed E-state index contributed by atoms with van der Waals surface area (Å²) >= 11 is 0. The molecule has 3 unspecified atom stereocenters. The third-order valence-corrected chi connectivity index (χ3v) is 7.16. The van der Waals surface area contributed by atoms with E-state index in [1.807, 2.05) is 0 Å². The highest BCUT2D eigenvalue weighted by Crippen LogP contribution is 2.37. The second-order valence-corrected chi connectivity index (χ2v) is 9.02. The van der Waals surface area contributed by atoms with Crippen molar-refractivity contribution < 1.29 is 18.1 Å². The largest absolute Gasteiger partial charge is 0.341 e. The van der Waals surface area contributed by atoms with E-state index < -0.39 is 14.9 Å². The number of likely N-dealkylation sites (N-methyl/N-ethyl adjacent to an activating group) is 1. The van der Waals surface area contributed by atoms with Gasteiger partial charge in [0.15, 0.2) is 0 Å². The zero-order valence-electron chi connectivity index (χ0n) is 14.4. The van der Waals surface area contributed by atoms with Gasteiger partial charge in [0.2, 0.25) is 15.9 Å². The fourth-order valence-electron chi connectivity index (χ4n) is 3.82. The molecule has 10 heteroatoms. The van der Waals surface area contributed by atoms with Crippen LogP contribution in [0.4, 0.5) is 5.69 Å². The number of nitro benzene ring substituents is 1. The highest BCUT2D eigenvalue weighted by Gasteiger charge is 2.42. The van der Waals surface area contributed by atoms with Crippen molar-refractivity contribution in [1.29, 1.82) is 0 Å². The maximum Gasteiger partial charge on any atom is 0.270 e. The molecule has 1 aliphatic heterocycles. The van der Waals surface area contributed by atoms with Crippen molar-refractivity contribution in [2.45, 2.75) is 23.8 Å². The van der Waals surface area contributed by atoms with Gasteiger partial charge in [-0.05, 0) is 30.7 Å². The summed E-state index contributed by atoms with van der Waals surface area (Å²) in [6.07, 6.45) is 1.97. The van der Waals surface area contributed by atoms with Crippen molar-refractivity contribution in [3.05, 3.63) is 34.4 Å². The Morgan fingerprint density at radius 3 is 2.77 bits per heavy atom. The van der Waals surface area contributed by atoms with Crippen LogP contribution in [0.3, 0.4) is 0 Å². The highest BCUT2D eigenvalue weighted by molar-refractivity contribution is 7.89. The molecular weight excluding hydrogens is 360 g/mol. The summed E-state index contributed by atoms with van der Waals surface area (Å²) in [4.78, 5) is 24.2. The number of amides is 1. The third kappa shape index (κ3) is 3.44. The first kappa shape index (κ1) is 18.7. The molecule has 0 aromatic heterocycles. The molecular formula is C16H22N4O5S. The predicted molar refractivity (Wildman–Crippen MR) is 93.7 cm³/mol. The summed E-state index contributed by atoms with van der Waals surface area (Å²) in [5, 5.41) is 10.8. The highest BCUT2D eigenvalue weighted by atomic mass is 32.2. The van der Waals surface area contributed by atoms with E-state index in [1.54, 1.807) is 4.90 Å². The van der Waals surface area contributed by atoms with E-state index in [4.69, 9.17) is 5.73 Å². The van der Waals surface area contributed by atoms with E-state index in [9.17, 15) is 23.3 Å². The number of benzene rings is 1. The summed E-state index contributed by atoms with van der Waals surface area (Å²) < 4.78 is 26.2. The normalized spacial score (nSPS) is 25.5. The maximum absolute atomic E-state index is 12.6. The van der Waals surface area contributed by atoms with Gasteiger partial charge in [0.25, 0.3) is 5.69 Å². The molecule has 3 rings (SSSR count). The van der Waals surface area contributed by atoms with Gasteiger partial charge in [-0.3, -0.25) is 14.9 Å². The minimum Gasteiger partial charge on any atom is -0.341 e. The van der Waals surface area contributed by atoms with Crippen LogP contribution in [0.25, 0.3) is 0 Å². The summed E-state index contributed by atoms with van der Waals surface area (Å²) in [7, 11) is -2.69. The molecule has 0 spiro atoms. The number of carbonyl (C=O) groups excluding carboxylic acids is 1. The summed E-state index contributed by atoms with van der Waals surface area (Å²) in [5.41, 5.74) is 5.76. The molecule has 1 aliphatic carbocycles. The van der Waals surface area contributed by atoms with Crippen molar-refractivity contribution in [1.82, 2.24) is 9.21 Å². The molecule has 0 bridgehead atoms. The predicted octanol–water partition coefficient (Wildman–Crippen LogP) is 0.411. The summed E-state index contributed by atoms with van der Waals surface area (Å²) in [6.45, 7) is 0.872. The minimum absolute atomic E-state index is 0.101. The Morgan fingerprint density at radius 2 is 2.12 bits per heavy atom. The van der Waals surface area contributed by atoms with Crippen LogP contribution in [0.15, 0.2) is 29.2 Å². The zero-order valence-corrected chi connectivity index (χ0v) is 15.3. The van der Waals surface area contributed by atoms with Crippen molar-refractivity contribution in [2.75, 3.05) is 26.7 Å². The standard InChI is InChI=1S/C16H22N4O5S/c1-18(26(24,25)13-4-2-3-12(7-13)20(22)23)10-16(21)19-8-11-5-6-15(17)14(11)9-19/h2-4,7,11,14-15H,5-6,8-10,17H2,1H3. The number of carbonyl (C=O) groups is 1. The number of nitrogens with zero attached hydrogens (tertiary/aromatic N) is 3. The van der Waals surface area contributed by atoms with Gasteiger partial charge < -0.3 is 10.6 Å². The summed E-state index contributed by atoms with van der Waals surface area (Å²) in [6, 6.07) is 4.90. The van der Waals surface area contributed by atoms with Gasteiger partial charge in [-0.25, -0.2) is 8.42 Å². The van der Waals surface area contributed by atoms with Gasteiger partial charge in [0, 0.05) is 38.3 Å². The Labute approximate surface area is 152 Å². The van der Waals surface area contributed by atoms with Gasteiger partial charge in [-0.15, -0.1) is 0 Å². The molecule has 1 saturated carbocycles. The van der Waals surface area contributed by atoms with E-state index in [2.05, 4.69) is 0 Å². The number of hydrogen-bond acceptors (Lipinski definition) is 6. The van der Waals surface area contributed by atoms with E-state index >= 15 is 0 Å². The van der Waals surface area contributed by atoms with Crippen LogP contribution in [0.5, 0.6) is 0 Å². The number of rotatable bonds is 5. The number of nitro groups is 1. The molecule has 1 heterocycles. The van der Waals surface area contributed by atoms with E-state index in [-0.39, 0.29) is 35.0 Å². The first-order valence-corrected chi connectivity index (χ1v) is 9.88. The van der Waals surface area contributed by atoms with E-state index in [1.165, 1.54) is 25.2 Å². The lowest BCUT2D eigenvalue weighted by Crippen LogP contribution is -2.41. The van der Waals surface area contributed by atoms with E-state index in [0.29, 0.717) is 19.0 Å². The molecule has 0 radical (unpaired) electrons. The Bertz CT molecular complexity index is 828. The molecule has 1 aromatic rings. The monoisotopic (exact) mass is 382 g/mol. The van der Waals surface area contributed by atoms with Gasteiger partial charge in [-0.1, -0.05) is 6.07 Å². The number of non-ortho nitro benzene ring substituents is 1. The van der Waals surface area contributed by atoms with Crippen molar-refractivity contribution in [3.8, 4) is 0 Å². The molecule has 2 aliphatic rings. The lowest BCUT2D eigenvalue weighted by molar-refractivity contribution is -0.385. The topological polar surface area (TPSA) is 127 Å². The number of nitrogens with two attached hydrogens (primary N) is 1. The quantitative estimate of drug-likeness (QED) is 0.580. The molecule has 9 nitrogen and oxygen atoms in total. The number of sulfonamides is 1. The smallest absolute Gasteiger partial charge is 0.270 e. The van der Waals surface area contributed by atoms with Crippen LogP contribution in [-0.2, 0) is 14.8 Å². The van der Waals surface area contributed by atoms with Gasteiger partial charge >= 0.3 is 0 Å². The van der Waals surface area contributed by atoms with Gasteiger partial charge in [0.05, 0.1) is 16.4 Å². The Hall–Kier alpha value is -2.04. The van der Waals surface area contributed by atoms with Crippen LogP contribution in [0.2, 0.25) is 0 Å². The molecule has 1 aromatic carbocycles. The van der Waals surface area contributed by atoms with Crippen LogP contribution in [0, 0.1) is 22.0 Å². The molecule has 142 valence electrons. The fraction of sp³-hybridized carbons (Fsp3) is 0.562. The summed E-state index contributed by atoms with van der Waals surface area (Å²) in [5.74, 6) is 0.411. The van der Waals surface area contributed by atoms with Crippen LogP contribution in [-0.4, -0.2) is 61.2 Å². The SMILES string of the molecule is CN(CC(=O)N1CC2CCC(N)C2C1)S(=O)(=O)c1cccc([N+](=O)[O-])c1. The van der Waals surface area contributed by atoms with Crippen LogP contribution >= 0.6 is 0 Å². The van der Waals surface area contributed by atoms with Crippen LogP contribution < -0.4 is 5.73 Å². The Kier molecular flexibility index (Phi) is 5.00. The number of hydrogen-bond donors (Lipinski definition) is 1. The molecule has 2 N–H and O–H groups in total. The van der Waals surface area contributed by atoms with Crippen LogP contribution in [0.1, 0.15) is 12.8 Å². The van der Waals surface area contributed by atoms with Crippen molar-refractivity contribution in [3.63, 3.8) is 0 Å². The molecule has 3 atom stereocenters. The first-order chi connectivity index (χ1) is 12.2. The zero-order chi connectivity index (χ0) is 19.1. The molecule has 26 heavy (non-hydrogen) atoms. The number of fused-ring (bicyclic) bond motifs is 1. The lowest BCUT2D eigenvalue weighted by Gasteiger charge is -2.22. The molecule has 2 fully saturated rings. The number of likely N-dealkylation sites (tertiary alicyclic amines) is 1. The fourth-order valence-corrected chi connectivity index (χ4v) is 4.98. The van der Waals surface area contributed by atoms with Crippen molar-refractivity contribution >= 4 is 21.6 Å². The average molecular weight is 382 g/mol. The molecule has 1 amide bonds. The Balaban J connectivity index is 1.69. The van der Waals surface area contributed by atoms with Gasteiger partial charge in [0.1, 0.15) is 0 Å². The molecule has 1 saturated heterocycles. The maximum atomic E-state index is 12.6. The van der Waals surface area contributed by atoms with Gasteiger partial charge in [-0.2, -0.15) is 4.31 Å². The third-order valence-electron chi connectivity index (χ3n) is 5.36. The second-order valence-electron chi connectivity index (χ2n) is 6.98.